The van der Waals surface area contributed by atoms with E-state index in [0.717, 1.165) is 0 Å². The Hall–Kier alpha value is -1.26. The zero-order chi connectivity index (χ0) is 10.3. The summed E-state index contributed by atoms with van der Waals surface area (Å²) in [6.07, 6.45) is 0.0758. The summed E-state index contributed by atoms with van der Waals surface area (Å²) in [6.45, 7) is 4.55. The average Bonchev–Trinajstić information content (AvgIpc) is 2.00. The number of nitrogens with one attached hydrogen (secondary N) is 2. The molecule has 3 N–H and O–H groups in total. The number of carbonyl (C=O) groups is 2. The van der Waals surface area contributed by atoms with Gasteiger partial charge in [-0.05, 0) is 12.8 Å². The lowest BCUT2D eigenvalue weighted by Crippen LogP contribution is -2.37. The number of urea groups is 1. The summed E-state index contributed by atoms with van der Waals surface area (Å²) in [4.78, 5) is 21.1. The van der Waals surface area contributed by atoms with E-state index in [1.54, 1.807) is 6.92 Å². The fourth-order valence-corrected chi connectivity index (χ4v) is 0.860. The standard InChI is InChI=1S/C8H16N2O3/c1-3-9-8(13)10-5-6(2)4-7(11)12/h6H,3-5H2,1-2H3,(H,11,12)(H2,9,10,13). The zero-order valence-electron chi connectivity index (χ0n) is 7.96. The Morgan fingerprint density at radius 2 is 2.00 bits per heavy atom. The Morgan fingerprint density at radius 1 is 1.38 bits per heavy atom. The summed E-state index contributed by atoms with van der Waals surface area (Å²) in [5.74, 6) is -0.884. The quantitative estimate of drug-likeness (QED) is 0.585. The van der Waals surface area contributed by atoms with Crippen LogP contribution >= 0.6 is 0 Å². The summed E-state index contributed by atoms with van der Waals surface area (Å²) < 4.78 is 0. The van der Waals surface area contributed by atoms with E-state index in [-0.39, 0.29) is 18.4 Å². The second-order valence-electron chi connectivity index (χ2n) is 2.94. The van der Waals surface area contributed by atoms with Crippen molar-refractivity contribution in [1.29, 1.82) is 0 Å². The van der Waals surface area contributed by atoms with Gasteiger partial charge in [-0.1, -0.05) is 6.92 Å². The van der Waals surface area contributed by atoms with E-state index < -0.39 is 5.97 Å². The van der Waals surface area contributed by atoms with Gasteiger partial charge in [-0.3, -0.25) is 4.79 Å². The van der Waals surface area contributed by atoms with Crippen LogP contribution in [0.1, 0.15) is 20.3 Å². The van der Waals surface area contributed by atoms with Gasteiger partial charge < -0.3 is 15.7 Å². The summed E-state index contributed by atoms with van der Waals surface area (Å²) in [5.41, 5.74) is 0. The van der Waals surface area contributed by atoms with Crippen LogP contribution in [0.2, 0.25) is 0 Å². The van der Waals surface area contributed by atoms with Crippen molar-refractivity contribution in [2.45, 2.75) is 20.3 Å². The summed E-state index contributed by atoms with van der Waals surface area (Å²) >= 11 is 0. The predicted molar refractivity (Wildman–Crippen MR) is 48.5 cm³/mol. The molecule has 0 saturated heterocycles. The lowest BCUT2D eigenvalue weighted by Gasteiger charge is -2.10. The van der Waals surface area contributed by atoms with Gasteiger partial charge in [0.05, 0.1) is 0 Å². The van der Waals surface area contributed by atoms with E-state index in [2.05, 4.69) is 10.6 Å². The molecular weight excluding hydrogens is 172 g/mol. The molecule has 0 aliphatic rings. The van der Waals surface area contributed by atoms with E-state index in [4.69, 9.17) is 5.11 Å². The van der Waals surface area contributed by atoms with E-state index >= 15 is 0 Å². The number of carbonyl (C=O) groups excluding carboxylic acids is 1. The maximum Gasteiger partial charge on any atom is 0.314 e. The normalized spacial score (nSPS) is 11.8. The Labute approximate surface area is 77.5 Å². The van der Waals surface area contributed by atoms with Crippen LogP contribution in [0, 0.1) is 5.92 Å². The first-order valence-corrected chi connectivity index (χ1v) is 4.29. The van der Waals surface area contributed by atoms with Gasteiger partial charge in [0.25, 0.3) is 0 Å². The Balaban J connectivity index is 3.51. The molecule has 5 nitrogen and oxygen atoms in total. The smallest absolute Gasteiger partial charge is 0.314 e. The minimum absolute atomic E-state index is 0.0416. The summed E-state index contributed by atoms with van der Waals surface area (Å²) in [7, 11) is 0. The molecule has 0 saturated carbocycles. The second-order valence-corrected chi connectivity index (χ2v) is 2.94. The van der Waals surface area contributed by atoms with Crippen LogP contribution in [0.25, 0.3) is 0 Å². The van der Waals surface area contributed by atoms with Crippen LogP contribution < -0.4 is 10.6 Å². The maximum absolute atomic E-state index is 10.9. The highest BCUT2D eigenvalue weighted by molar-refractivity contribution is 5.73. The molecule has 5 heteroatoms. The molecule has 0 aromatic heterocycles. The predicted octanol–water partition coefficient (Wildman–Crippen LogP) is 0.416. The van der Waals surface area contributed by atoms with Crippen molar-refractivity contribution < 1.29 is 14.7 Å². The molecule has 0 fully saturated rings. The molecule has 0 aromatic carbocycles. The van der Waals surface area contributed by atoms with Crippen molar-refractivity contribution in [3.05, 3.63) is 0 Å². The minimum Gasteiger partial charge on any atom is -0.481 e. The fourth-order valence-electron chi connectivity index (χ4n) is 0.860. The van der Waals surface area contributed by atoms with Gasteiger partial charge >= 0.3 is 12.0 Å². The first-order chi connectivity index (χ1) is 6.06. The lowest BCUT2D eigenvalue weighted by atomic mass is 10.1. The highest BCUT2D eigenvalue weighted by atomic mass is 16.4. The number of hydrogen-bond donors (Lipinski definition) is 3. The monoisotopic (exact) mass is 188 g/mol. The van der Waals surface area contributed by atoms with Crippen LogP contribution in [0.4, 0.5) is 4.79 Å². The number of amides is 2. The largest absolute Gasteiger partial charge is 0.481 e. The second kappa shape index (κ2) is 6.28. The van der Waals surface area contributed by atoms with Gasteiger partial charge in [0.15, 0.2) is 0 Å². The number of aliphatic carboxylic acids is 1. The van der Waals surface area contributed by atoms with Crippen LogP contribution in [-0.4, -0.2) is 30.2 Å². The molecule has 13 heavy (non-hydrogen) atoms. The molecule has 0 rings (SSSR count). The zero-order valence-corrected chi connectivity index (χ0v) is 7.96. The topological polar surface area (TPSA) is 78.4 Å². The Kier molecular flexibility index (Phi) is 5.67. The fraction of sp³-hybridized carbons (Fsp3) is 0.750. The van der Waals surface area contributed by atoms with Crippen molar-refractivity contribution >= 4 is 12.0 Å². The maximum atomic E-state index is 10.9. The van der Waals surface area contributed by atoms with Crippen molar-refractivity contribution in [3.8, 4) is 0 Å². The van der Waals surface area contributed by atoms with E-state index in [1.807, 2.05) is 6.92 Å². The molecule has 2 amide bonds. The highest BCUT2D eigenvalue weighted by Gasteiger charge is 2.08. The number of carboxylic acid groups (broad SMARTS) is 1. The van der Waals surface area contributed by atoms with E-state index in [0.29, 0.717) is 13.1 Å². The molecule has 1 unspecified atom stereocenters. The molecule has 0 heterocycles. The Bertz CT molecular complexity index is 182. The third kappa shape index (κ3) is 7.11. The first-order valence-electron chi connectivity index (χ1n) is 4.29. The van der Waals surface area contributed by atoms with Crippen molar-refractivity contribution in [3.63, 3.8) is 0 Å². The van der Waals surface area contributed by atoms with Gasteiger partial charge in [-0.15, -0.1) is 0 Å². The summed E-state index contributed by atoms with van der Waals surface area (Å²) in [6, 6.07) is -0.250. The van der Waals surface area contributed by atoms with Crippen LogP contribution in [0.3, 0.4) is 0 Å². The summed E-state index contributed by atoms with van der Waals surface area (Å²) in [5, 5.41) is 13.6. The molecule has 0 aliphatic heterocycles. The first kappa shape index (κ1) is 11.7. The SMILES string of the molecule is CCNC(=O)NCC(C)CC(=O)O. The molecule has 0 aliphatic carbocycles. The van der Waals surface area contributed by atoms with Crippen LogP contribution in [0.15, 0.2) is 0 Å². The molecular formula is C8H16N2O3. The molecule has 1 atom stereocenters. The van der Waals surface area contributed by atoms with Gasteiger partial charge in [0, 0.05) is 19.5 Å². The van der Waals surface area contributed by atoms with Gasteiger partial charge in [0.2, 0.25) is 0 Å². The molecule has 0 bridgehead atoms. The van der Waals surface area contributed by atoms with Gasteiger partial charge in [-0.2, -0.15) is 0 Å². The van der Waals surface area contributed by atoms with Crippen LogP contribution in [-0.2, 0) is 4.79 Å². The molecule has 0 radical (unpaired) electrons. The third-order valence-corrected chi connectivity index (χ3v) is 1.47. The van der Waals surface area contributed by atoms with E-state index in [1.165, 1.54) is 0 Å². The minimum atomic E-state index is -0.842. The molecule has 0 aromatic rings. The van der Waals surface area contributed by atoms with Gasteiger partial charge in [0.1, 0.15) is 0 Å². The molecule has 0 spiro atoms. The van der Waals surface area contributed by atoms with Crippen molar-refractivity contribution in [1.82, 2.24) is 10.6 Å². The average molecular weight is 188 g/mol. The molecule has 76 valence electrons. The lowest BCUT2D eigenvalue weighted by molar-refractivity contribution is -0.137. The highest BCUT2D eigenvalue weighted by Crippen LogP contribution is 1.98. The Morgan fingerprint density at radius 3 is 2.46 bits per heavy atom. The van der Waals surface area contributed by atoms with Gasteiger partial charge in [-0.25, -0.2) is 4.79 Å². The van der Waals surface area contributed by atoms with E-state index in [9.17, 15) is 9.59 Å². The number of hydrogen-bond acceptors (Lipinski definition) is 2. The number of carboxylic acids is 1. The number of rotatable bonds is 5. The third-order valence-electron chi connectivity index (χ3n) is 1.47. The van der Waals surface area contributed by atoms with Crippen molar-refractivity contribution in [2.24, 2.45) is 5.92 Å². The van der Waals surface area contributed by atoms with Crippen LogP contribution in [0.5, 0.6) is 0 Å². The van der Waals surface area contributed by atoms with Crippen molar-refractivity contribution in [2.75, 3.05) is 13.1 Å².